The second kappa shape index (κ2) is 19.3. The largest absolute Gasteiger partial charge is 0.379 e. The molecular weight excluding hydrogens is 420 g/mol. The van der Waals surface area contributed by atoms with Gasteiger partial charge in [0.25, 0.3) is 0 Å². The van der Waals surface area contributed by atoms with Gasteiger partial charge in [0, 0.05) is 17.1 Å². The van der Waals surface area contributed by atoms with Crippen LogP contribution in [0.2, 0.25) is 0 Å². The molecule has 2 N–H and O–H groups in total. The highest BCUT2D eigenvalue weighted by atomic mass is 33.1. The smallest absolute Gasteiger partial charge is 0.223 e. The fourth-order valence-electron chi connectivity index (χ4n) is 2.01. The standard InChI is InChI=1S/C22H42N2O4S2/c1-19(2)9-7-13-24-20(25)11-14-26-15-16-27-17-18-28-21(10-8-12-23-6)29-30-22(3,4)5/h19,21,23H,8,10-18H2,1-6H3,(H,24,25)/t21-/m1/s1. The van der Waals surface area contributed by atoms with Crippen LogP contribution in [-0.4, -0.2) is 69.3 Å². The summed E-state index contributed by atoms with van der Waals surface area (Å²) in [6, 6.07) is 0. The van der Waals surface area contributed by atoms with Crippen molar-refractivity contribution in [1.29, 1.82) is 0 Å². The molecule has 0 aliphatic rings. The van der Waals surface area contributed by atoms with Crippen LogP contribution in [0.3, 0.4) is 0 Å². The van der Waals surface area contributed by atoms with Crippen molar-refractivity contribution in [2.24, 2.45) is 5.92 Å². The molecule has 0 saturated heterocycles. The zero-order chi connectivity index (χ0) is 22.7. The van der Waals surface area contributed by atoms with Crippen LogP contribution in [0.1, 0.15) is 53.9 Å². The number of ether oxygens (including phenoxy) is 3. The number of nitrogens with one attached hydrogen (secondary N) is 2. The molecule has 0 spiro atoms. The summed E-state index contributed by atoms with van der Waals surface area (Å²) in [5, 5.41) is 5.94. The van der Waals surface area contributed by atoms with Gasteiger partial charge in [0.1, 0.15) is 5.44 Å². The Morgan fingerprint density at radius 2 is 1.73 bits per heavy atom. The third-order valence-corrected chi connectivity index (χ3v) is 7.03. The van der Waals surface area contributed by atoms with Gasteiger partial charge >= 0.3 is 0 Å². The SMILES string of the molecule is CNCCC[C@H](OCCOCCOCCC(=O)NCC#CC(C)C)SSC(C)(C)C. The van der Waals surface area contributed by atoms with Crippen molar-refractivity contribution in [1.82, 2.24) is 10.6 Å². The number of hydrogen-bond acceptors (Lipinski definition) is 7. The molecule has 0 unspecified atom stereocenters. The van der Waals surface area contributed by atoms with Crippen LogP contribution in [0, 0.1) is 17.8 Å². The third-order valence-electron chi connectivity index (χ3n) is 3.41. The maximum absolute atomic E-state index is 11.6. The van der Waals surface area contributed by atoms with E-state index in [1.165, 1.54) is 0 Å². The summed E-state index contributed by atoms with van der Waals surface area (Å²) in [6.45, 7) is 14.5. The number of carbonyl (C=O) groups excluding carboxylic acids is 1. The van der Waals surface area contributed by atoms with E-state index in [1.54, 1.807) is 10.8 Å². The topological polar surface area (TPSA) is 68.8 Å². The van der Waals surface area contributed by atoms with E-state index in [4.69, 9.17) is 14.2 Å². The molecule has 6 nitrogen and oxygen atoms in total. The first-order valence-corrected chi connectivity index (χ1v) is 13.0. The molecule has 0 aliphatic carbocycles. The van der Waals surface area contributed by atoms with Gasteiger partial charge in [0.05, 0.1) is 39.6 Å². The Kier molecular flexibility index (Phi) is 19.0. The fourth-order valence-corrected chi connectivity index (χ4v) is 4.47. The van der Waals surface area contributed by atoms with E-state index in [-0.39, 0.29) is 16.1 Å². The molecule has 1 amide bonds. The average Bonchev–Trinajstić information content (AvgIpc) is 2.66. The van der Waals surface area contributed by atoms with Crippen LogP contribution in [0.5, 0.6) is 0 Å². The average molecular weight is 463 g/mol. The second-order valence-corrected chi connectivity index (χ2v) is 11.3. The zero-order valence-corrected chi connectivity index (χ0v) is 21.3. The molecule has 0 bridgehead atoms. The quantitative estimate of drug-likeness (QED) is 0.148. The van der Waals surface area contributed by atoms with Crippen LogP contribution in [0.25, 0.3) is 0 Å². The summed E-state index contributed by atoms with van der Waals surface area (Å²) < 4.78 is 17.2. The first kappa shape index (κ1) is 29.6. The third kappa shape index (κ3) is 22.3. The van der Waals surface area contributed by atoms with Gasteiger partial charge < -0.3 is 24.8 Å². The lowest BCUT2D eigenvalue weighted by atomic mass is 10.2. The summed E-state index contributed by atoms with van der Waals surface area (Å²) in [4.78, 5) is 11.6. The molecule has 8 heteroatoms. The lowest BCUT2D eigenvalue weighted by Gasteiger charge is -2.22. The molecule has 176 valence electrons. The predicted molar refractivity (Wildman–Crippen MR) is 130 cm³/mol. The van der Waals surface area contributed by atoms with Gasteiger partial charge in [-0.15, -0.1) is 0 Å². The van der Waals surface area contributed by atoms with E-state index in [0.717, 1.165) is 19.4 Å². The van der Waals surface area contributed by atoms with E-state index in [9.17, 15) is 4.79 Å². The Morgan fingerprint density at radius 1 is 1.07 bits per heavy atom. The lowest BCUT2D eigenvalue weighted by molar-refractivity contribution is -0.122. The lowest BCUT2D eigenvalue weighted by Crippen LogP contribution is -2.25. The number of hydrogen-bond donors (Lipinski definition) is 2. The van der Waals surface area contributed by atoms with E-state index in [0.29, 0.717) is 51.9 Å². The first-order chi connectivity index (χ1) is 14.2. The molecule has 0 aromatic carbocycles. The summed E-state index contributed by atoms with van der Waals surface area (Å²) in [6.07, 6.45) is 2.44. The van der Waals surface area contributed by atoms with Gasteiger partial charge in [-0.25, -0.2) is 0 Å². The molecule has 0 fully saturated rings. The summed E-state index contributed by atoms with van der Waals surface area (Å²) >= 11 is 0. The van der Waals surface area contributed by atoms with Crippen molar-refractivity contribution in [3.05, 3.63) is 0 Å². The van der Waals surface area contributed by atoms with Crippen LogP contribution in [-0.2, 0) is 19.0 Å². The van der Waals surface area contributed by atoms with Gasteiger partial charge in [-0.3, -0.25) is 4.79 Å². The highest BCUT2D eigenvalue weighted by Gasteiger charge is 2.17. The molecule has 0 aromatic heterocycles. The first-order valence-electron chi connectivity index (χ1n) is 10.8. The summed E-state index contributed by atoms with van der Waals surface area (Å²) in [5.41, 5.74) is 0.172. The summed E-state index contributed by atoms with van der Waals surface area (Å²) in [5.74, 6) is 6.21. The maximum atomic E-state index is 11.6. The minimum Gasteiger partial charge on any atom is -0.379 e. The van der Waals surface area contributed by atoms with E-state index < -0.39 is 0 Å². The highest BCUT2D eigenvalue weighted by Crippen LogP contribution is 2.39. The van der Waals surface area contributed by atoms with Crippen LogP contribution in [0.15, 0.2) is 0 Å². The number of carbonyl (C=O) groups is 1. The Labute approximate surface area is 192 Å². The fraction of sp³-hybridized carbons (Fsp3) is 0.864. The summed E-state index contributed by atoms with van der Waals surface area (Å²) in [7, 11) is 5.63. The van der Waals surface area contributed by atoms with Crippen LogP contribution in [0.4, 0.5) is 0 Å². The Morgan fingerprint density at radius 3 is 2.37 bits per heavy atom. The van der Waals surface area contributed by atoms with Crippen molar-refractivity contribution < 1.29 is 19.0 Å². The number of amides is 1. The Balaban J connectivity index is 3.70. The molecule has 0 rings (SSSR count). The molecule has 0 radical (unpaired) electrons. The molecular formula is C22H42N2O4S2. The monoisotopic (exact) mass is 462 g/mol. The van der Waals surface area contributed by atoms with Crippen molar-refractivity contribution in [3.63, 3.8) is 0 Å². The van der Waals surface area contributed by atoms with Gasteiger partial charge in [-0.1, -0.05) is 68.0 Å². The highest BCUT2D eigenvalue weighted by molar-refractivity contribution is 8.77. The Hall–Kier alpha value is -0.430. The van der Waals surface area contributed by atoms with Gasteiger partial charge in [0.15, 0.2) is 0 Å². The molecule has 0 aromatic rings. The second-order valence-electron chi connectivity index (χ2n) is 8.07. The minimum atomic E-state index is -0.0442. The van der Waals surface area contributed by atoms with Gasteiger partial charge in [-0.05, 0) is 26.4 Å². The van der Waals surface area contributed by atoms with Crippen molar-refractivity contribution in [2.75, 3.05) is 53.2 Å². The van der Waals surface area contributed by atoms with E-state index in [2.05, 4.69) is 43.2 Å². The molecule has 1 atom stereocenters. The predicted octanol–water partition coefficient (Wildman–Crippen LogP) is 3.71. The molecule has 0 heterocycles. The molecule has 30 heavy (non-hydrogen) atoms. The van der Waals surface area contributed by atoms with Crippen molar-refractivity contribution in [2.45, 2.75) is 64.1 Å². The molecule has 0 aliphatic heterocycles. The van der Waals surface area contributed by atoms with Crippen molar-refractivity contribution in [3.8, 4) is 11.8 Å². The van der Waals surface area contributed by atoms with Crippen LogP contribution < -0.4 is 10.6 Å². The molecule has 0 saturated carbocycles. The van der Waals surface area contributed by atoms with E-state index in [1.807, 2.05) is 31.7 Å². The van der Waals surface area contributed by atoms with Gasteiger partial charge in [0.2, 0.25) is 5.91 Å². The van der Waals surface area contributed by atoms with Crippen LogP contribution >= 0.6 is 21.6 Å². The van der Waals surface area contributed by atoms with E-state index >= 15 is 0 Å². The number of rotatable bonds is 17. The van der Waals surface area contributed by atoms with Gasteiger partial charge in [-0.2, -0.15) is 0 Å². The normalized spacial score (nSPS) is 12.5. The van der Waals surface area contributed by atoms with Crippen molar-refractivity contribution >= 4 is 27.5 Å². The Bertz CT molecular complexity index is 488. The minimum absolute atomic E-state index is 0.0442. The zero-order valence-electron chi connectivity index (χ0n) is 19.7. The maximum Gasteiger partial charge on any atom is 0.223 e.